The molecule has 158 valence electrons. The maximum atomic E-state index is 13.3. The lowest BCUT2D eigenvalue weighted by Crippen LogP contribution is -2.59. The number of halogens is 1. The number of likely N-dealkylation sites (tertiary alicyclic amines) is 1. The van der Waals surface area contributed by atoms with Gasteiger partial charge in [-0.1, -0.05) is 12.1 Å². The summed E-state index contributed by atoms with van der Waals surface area (Å²) >= 11 is 0. The average Bonchev–Trinajstić information content (AvgIpc) is 2.67. The number of rotatable bonds is 4. The number of benzene rings is 2. The van der Waals surface area contributed by atoms with Crippen LogP contribution in [-0.4, -0.2) is 71.6 Å². The van der Waals surface area contributed by atoms with Crippen LogP contribution in [0.3, 0.4) is 0 Å². The molecule has 2 aliphatic heterocycles. The van der Waals surface area contributed by atoms with Crippen LogP contribution in [0.25, 0.3) is 10.8 Å². The molecule has 0 aromatic heterocycles. The van der Waals surface area contributed by atoms with Gasteiger partial charge in [0.25, 0.3) is 17.7 Å². The van der Waals surface area contributed by atoms with E-state index >= 15 is 0 Å². The molecule has 0 spiro atoms. The highest BCUT2D eigenvalue weighted by molar-refractivity contribution is 6.27. The second-order valence-electron chi connectivity index (χ2n) is 7.69. The Balaban J connectivity index is 0.00000256. The van der Waals surface area contributed by atoms with Crippen molar-refractivity contribution in [2.24, 2.45) is 0 Å². The summed E-state index contributed by atoms with van der Waals surface area (Å²) in [7, 11) is 3.69. The van der Waals surface area contributed by atoms with Gasteiger partial charge < -0.3 is 10.6 Å². The number of carbonyl (C=O) groups excluding carboxylic acids is 4. The van der Waals surface area contributed by atoms with Crippen molar-refractivity contribution in [3.05, 3.63) is 41.5 Å². The molecule has 2 aromatic rings. The van der Waals surface area contributed by atoms with Crippen LogP contribution in [0.5, 0.6) is 0 Å². The predicted molar refractivity (Wildman–Crippen MR) is 114 cm³/mol. The number of nitrogen functional groups attached to an aromatic ring is 1. The first-order chi connectivity index (χ1) is 13.8. The van der Waals surface area contributed by atoms with Gasteiger partial charge in [-0.15, -0.1) is 12.4 Å². The number of hydrogen-bond acceptors (Lipinski definition) is 6. The van der Waals surface area contributed by atoms with E-state index in [-0.39, 0.29) is 37.7 Å². The molecule has 2 aromatic carbocycles. The van der Waals surface area contributed by atoms with Crippen molar-refractivity contribution in [3.63, 3.8) is 0 Å². The summed E-state index contributed by atoms with van der Waals surface area (Å²) < 4.78 is 0. The maximum absolute atomic E-state index is 13.3. The van der Waals surface area contributed by atoms with E-state index in [0.717, 1.165) is 9.80 Å². The molecule has 9 heteroatoms. The summed E-state index contributed by atoms with van der Waals surface area (Å²) in [6.07, 6.45) is 0.232. The third-order valence-corrected chi connectivity index (χ3v) is 5.46. The van der Waals surface area contributed by atoms with Crippen LogP contribution in [0.2, 0.25) is 0 Å². The van der Waals surface area contributed by atoms with E-state index < -0.39 is 23.8 Å². The predicted octanol–water partition coefficient (Wildman–Crippen LogP) is 1.52. The summed E-state index contributed by atoms with van der Waals surface area (Å²) in [4.78, 5) is 55.8. The highest BCUT2D eigenvalue weighted by atomic mass is 35.5. The van der Waals surface area contributed by atoms with Crippen molar-refractivity contribution < 1.29 is 19.2 Å². The second-order valence-corrected chi connectivity index (χ2v) is 7.69. The van der Waals surface area contributed by atoms with Crippen LogP contribution in [0, 0.1) is 0 Å². The molecule has 1 saturated heterocycles. The van der Waals surface area contributed by atoms with Gasteiger partial charge >= 0.3 is 0 Å². The minimum absolute atomic E-state index is 0. The zero-order valence-electron chi connectivity index (χ0n) is 16.8. The number of piperidine rings is 1. The second kappa shape index (κ2) is 8.04. The van der Waals surface area contributed by atoms with Gasteiger partial charge in [-0.25, -0.2) is 0 Å². The van der Waals surface area contributed by atoms with Crippen molar-refractivity contribution in [2.45, 2.75) is 18.9 Å². The number of amides is 4. The Bertz CT molecular complexity index is 1070. The standard InChI is InChI=1S/C21H22N4O4.ClH/c1-23(2)8-9-24-17(26)7-6-16(21(24)29)25-19(27)14-5-3-4-12-10-13(22)11-15(18(12)14)20(25)28;/h3-5,10-11,16H,6-9,22H2,1-2H3;1H. The van der Waals surface area contributed by atoms with Gasteiger partial charge in [-0.2, -0.15) is 0 Å². The van der Waals surface area contributed by atoms with E-state index in [0.29, 0.717) is 34.1 Å². The zero-order valence-corrected chi connectivity index (χ0v) is 17.6. The number of carbonyl (C=O) groups is 4. The number of hydrogen-bond donors (Lipinski definition) is 1. The molecule has 0 radical (unpaired) electrons. The minimum atomic E-state index is -1.00. The number of likely N-dealkylation sites (N-methyl/N-ethyl adjacent to an activating group) is 1. The Morgan fingerprint density at radius 3 is 2.47 bits per heavy atom. The molecule has 4 amide bonds. The molecule has 0 saturated carbocycles. The fourth-order valence-electron chi connectivity index (χ4n) is 4.03. The van der Waals surface area contributed by atoms with Crippen LogP contribution >= 0.6 is 12.4 Å². The number of anilines is 1. The molecule has 2 heterocycles. The minimum Gasteiger partial charge on any atom is -0.399 e. The Hall–Kier alpha value is -2.97. The normalized spacial score (nSPS) is 19.0. The summed E-state index contributed by atoms with van der Waals surface area (Å²) in [6, 6.07) is 7.41. The van der Waals surface area contributed by atoms with E-state index in [1.54, 1.807) is 24.3 Å². The van der Waals surface area contributed by atoms with Gasteiger partial charge in [-0.3, -0.25) is 29.0 Å². The molecule has 0 bridgehead atoms. The van der Waals surface area contributed by atoms with Crippen molar-refractivity contribution >= 4 is 52.5 Å². The average molecular weight is 431 g/mol. The summed E-state index contributed by atoms with van der Waals surface area (Å²) in [6.45, 7) is 0.723. The molecule has 1 fully saturated rings. The first-order valence-electron chi connectivity index (χ1n) is 9.48. The van der Waals surface area contributed by atoms with Crippen molar-refractivity contribution in [3.8, 4) is 0 Å². The number of nitrogens with two attached hydrogens (primary N) is 1. The van der Waals surface area contributed by atoms with E-state index in [9.17, 15) is 19.2 Å². The van der Waals surface area contributed by atoms with Crippen LogP contribution in [0.1, 0.15) is 33.6 Å². The van der Waals surface area contributed by atoms with E-state index in [1.807, 2.05) is 19.0 Å². The number of imide groups is 2. The molecule has 1 unspecified atom stereocenters. The van der Waals surface area contributed by atoms with Crippen LogP contribution in [-0.2, 0) is 9.59 Å². The summed E-state index contributed by atoms with van der Waals surface area (Å²) in [5.74, 6) is -1.86. The maximum Gasteiger partial charge on any atom is 0.262 e. The quantitative estimate of drug-likeness (QED) is 0.582. The van der Waals surface area contributed by atoms with Gasteiger partial charge in [0.05, 0.1) is 5.56 Å². The largest absolute Gasteiger partial charge is 0.399 e. The Morgan fingerprint density at radius 1 is 1.07 bits per heavy atom. The fraction of sp³-hybridized carbons (Fsp3) is 0.333. The lowest BCUT2D eigenvalue weighted by Gasteiger charge is -2.38. The monoisotopic (exact) mass is 430 g/mol. The molecular formula is C21H23ClN4O4. The Morgan fingerprint density at radius 2 is 1.77 bits per heavy atom. The molecule has 2 N–H and O–H groups in total. The summed E-state index contributed by atoms with van der Waals surface area (Å²) in [5, 5.41) is 1.26. The lowest BCUT2D eigenvalue weighted by atomic mass is 9.91. The van der Waals surface area contributed by atoms with Crippen molar-refractivity contribution in [1.82, 2.24) is 14.7 Å². The summed E-state index contributed by atoms with van der Waals surface area (Å²) in [5.41, 5.74) is 7.03. The van der Waals surface area contributed by atoms with Crippen LogP contribution < -0.4 is 5.73 Å². The third-order valence-electron chi connectivity index (χ3n) is 5.46. The molecule has 4 rings (SSSR count). The highest BCUT2D eigenvalue weighted by Crippen LogP contribution is 2.34. The van der Waals surface area contributed by atoms with Gasteiger partial charge in [0.1, 0.15) is 6.04 Å². The van der Waals surface area contributed by atoms with Gasteiger partial charge in [0.15, 0.2) is 0 Å². The molecule has 1 atom stereocenters. The van der Waals surface area contributed by atoms with E-state index in [2.05, 4.69) is 0 Å². The van der Waals surface area contributed by atoms with Gasteiger partial charge in [-0.05, 0) is 44.1 Å². The van der Waals surface area contributed by atoms with Crippen LogP contribution in [0.4, 0.5) is 5.69 Å². The molecule has 0 aliphatic carbocycles. The first kappa shape index (κ1) is 21.7. The fourth-order valence-corrected chi connectivity index (χ4v) is 4.03. The van der Waals surface area contributed by atoms with Gasteiger partial charge in [0.2, 0.25) is 5.91 Å². The smallest absolute Gasteiger partial charge is 0.262 e. The molecule has 8 nitrogen and oxygen atoms in total. The SMILES string of the molecule is CN(C)CCN1C(=O)CCC(N2C(=O)c3cccc4cc(N)cc(c34)C2=O)C1=O.Cl. The van der Waals surface area contributed by atoms with Gasteiger partial charge in [0, 0.05) is 36.1 Å². The Kier molecular flexibility index (Phi) is 5.83. The molecule has 2 aliphatic rings. The van der Waals surface area contributed by atoms with Crippen molar-refractivity contribution in [1.29, 1.82) is 0 Å². The first-order valence-corrected chi connectivity index (χ1v) is 9.48. The number of nitrogens with zero attached hydrogens (tertiary/aromatic N) is 3. The lowest BCUT2D eigenvalue weighted by molar-refractivity contribution is -0.151. The molecule has 30 heavy (non-hydrogen) atoms. The van der Waals surface area contributed by atoms with E-state index in [4.69, 9.17) is 5.73 Å². The van der Waals surface area contributed by atoms with E-state index in [1.165, 1.54) is 6.07 Å². The third kappa shape index (κ3) is 3.42. The Labute approximate surface area is 180 Å². The molecular weight excluding hydrogens is 408 g/mol. The van der Waals surface area contributed by atoms with Crippen molar-refractivity contribution in [2.75, 3.05) is 32.9 Å². The topological polar surface area (TPSA) is 104 Å². The zero-order chi connectivity index (χ0) is 20.9. The van der Waals surface area contributed by atoms with Crippen LogP contribution in [0.15, 0.2) is 30.3 Å². The highest BCUT2D eigenvalue weighted by Gasteiger charge is 2.45.